The number of aromatic nitrogens is 2. The summed E-state index contributed by atoms with van der Waals surface area (Å²) in [6, 6.07) is 7.95. The molecule has 1 saturated heterocycles. The number of amides is 1. The second kappa shape index (κ2) is 8.22. The van der Waals surface area contributed by atoms with Gasteiger partial charge in [0.05, 0.1) is 30.8 Å². The summed E-state index contributed by atoms with van der Waals surface area (Å²) < 4.78 is 5.25. The molecule has 0 spiro atoms. The monoisotopic (exact) mass is 409 g/mol. The number of hydrogen-bond donors (Lipinski definition) is 2. The van der Waals surface area contributed by atoms with Crippen LogP contribution in [0.3, 0.4) is 0 Å². The SMILES string of the molecule is CNc1nc([C@H]2CCCN2)nc2c1CCN(C(=O)C(C)(C)c1ccc(OC)cc1)C2. The summed E-state index contributed by atoms with van der Waals surface area (Å²) >= 11 is 0. The molecule has 1 amide bonds. The fourth-order valence-corrected chi connectivity index (χ4v) is 4.42. The van der Waals surface area contributed by atoms with Crippen molar-refractivity contribution in [3.05, 3.63) is 46.9 Å². The fraction of sp³-hybridized carbons (Fsp3) is 0.522. The number of nitrogens with zero attached hydrogens (tertiary/aromatic N) is 3. The Balaban J connectivity index is 1.59. The third-order valence-electron chi connectivity index (χ3n) is 6.32. The van der Waals surface area contributed by atoms with Crippen LogP contribution in [0.5, 0.6) is 5.75 Å². The van der Waals surface area contributed by atoms with E-state index in [0.717, 1.165) is 60.0 Å². The Hall–Kier alpha value is -2.67. The van der Waals surface area contributed by atoms with Gasteiger partial charge in [0.25, 0.3) is 0 Å². The second-order valence-corrected chi connectivity index (χ2v) is 8.58. The number of ether oxygens (including phenoxy) is 1. The maximum absolute atomic E-state index is 13.5. The van der Waals surface area contributed by atoms with E-state index in [4.69, 9.17) is 14.7 Å². The van der Waals surface area contributed by atoms with Gasteiger partial charge in [-0.3, -0.25) is 4.79 Å². The highest BCUT2D eigenvalue weighted by Gasteiger charge is 2.36. The van der Waals surface area contributed by atoms with Gasteiger partial charge in [-0.2, -0.15) is 0 Å². The fourth-order valence-electron chi connectivity index (χ4n) is 4.42. The lowest BCUT2D eigenvalue weighted by Crippen LogP contribution is -2.46. The maximum Gasteiger partial charge on any atom is 0.233 e. The van der Waals surface area contributed by atoms with Crippen LogP contribution in [0.2, 0.25) is 0 Å². The van der Waals surface area contributed by atoms with Gasteiger partial charge < -0.3 is 20.3 Å². The van der Waals surface area contributed by atoms with E-state index in [9.17, 15) is 4.79 Å². The highest BCUT2D eigenvalue weighted by molar-refractivity contribution is 5.87. The van der Waals surface area contributed by atoms with E-state index in [2.05, 4.69) is 10.6 Å². The van der Waals surface area contributed by atoms with E-state index in [1.165, 1.54) is 0 Å². The van der Waals surface area contributed by atoms with Crippen LogP contribution in [0.25, 0.3) is 0 Å². The van der Waals surface area contributed by atoms with E-state index in [-0.39, 0.29) is 11.9 Å². The number of carbonyl (C=O) groups excluding carboxylic acids is 1. The largest absolute Gasteiger partial charge is 0.497 e. The van der Waals surface area contributed by atoms with Crippen LogP contribution in [-0.4, -0.2) is 48.0 Å². The Morgan fingerprint density at radius 1 is 1.27 bits per heavy atom. The highest BCUT2D eigenvalue weighted by atomic mass is 16.5. The van der Waals surface area contributed by atoms with Gasteiger partial charge in [0, 0.05) is 19.2 Å². The lowest BCUT2D eigenvalue weighted by Gasteiger charge is -2.35. The molecule has 0 bridgehead atoms. The summed E-state index contributed by atoms with van der Waals surface area (Å²) in [7, 11) is 3.55. The zero-order valence-electron chi connectivity index (χ0n) is 18.3. The van der Waals surface area contributed by atoms with E-state index < -0.39 is 5.41 Å². The van der Waals surface area contributed by atoms with Crippen molar-refractivity contribution in [3.8, 4) is 5.75 Å². The molecular formula is C23H31N5O2. The minimum Gasteiger partial charge on any atom is -0.497 e. The molecule has 2 aliphatic heterocycles. The molecule has 3 heterocycles. The predicted molar refractivity (Wildman–Crippen MR) is 117 cm³/mol. The molecule has 1 aromatic heterocycles. The first kappa shape index (κ1) is 20.6. The molecule has 0 unspecified atom stereocenters. The van der Waals surface area contributed by atoms with E-state index in [0.29, 0.717) is 13.1 Å². The molecule has 1 atom stereocenters. The number of rotatable bonds is 5. The van der Waals surface area contributed by atoms with Crippen molar-refractivity contribution in [3.63, 3.8) is 0 Å². The normalized spacial score (nSPS) is 18.8. The summed E-state index contributed by atoms with van der Waals surface area (Å²) in [6.07, 6.45) is 2.95. The molecule has 7 nitrogen and oxygen atoms in total. The van der Waals surface area contributed by atoms with Crippen LogP contribution < -0.4 is 15.4 Å². The van der Waals surface area contributed by atoms with Crippen molar-refractivity contribution in [1.82, 2.24) is 20.2 Å². The van der Waals surface area contributed by atoms with E-state index >= 15 is 0 Å². The van der Waals surface area contributed by atoms with E-state index in [1.807, 2.05) is 50.1 Å². The van der Waals surface area contributed by atoms with Gasteiger partial charge in [0.2, 0.25) is 5.91 Å². The number of methoxy groups -OCH3 is 1. The van der Waals surface area contributed by atoms with Gasteiger partial charge in [0.1, 0.15) is 17.4 Å². The molecule has 2 aromatic rings. The first-order chi connectivity index (χ1) is 14.4. The summed E-state index contributed by atoms with van der Waals surface area (Å²) in [5.41, 5.74) is 2.45. The molecule has 4 rings (SSSR count). The van der Waals surface area contributed by atoms with Gasteiger partial charge in [-0.25, -0.2) is 9.97 Å². The molecule has 0 aliphatic carbocycles. The van der Waals surface area contributed by atoms with Crippen molar-refractivity contribution in [1.29, 1.82) is 0 Å². The molecule has 7 heteroatoms. The van der Waals surface area contributed by atoms with Gasteiger partial charge in [-0.05, 0) is 57.4 Å². The average molecular weight is 410 g/mol. The number of nitrogens with one attached hydrogen (secondary N) is 2. The Kier molecular flexibility index (Phi) is 5.64. The second-order valence-electron chi connectivity index (χ2n) is 8.58. The maximum atomic E-state index is 13.5. The Morgan fingerprint density at radius 2 is 2.03 bits per heavy atom. The molecule has 0 saturated carbocycles. The van der Waals surface area contributed by atoms with Gasteiger partial charge >= 0.3 is 0 Å². The van der Waals surface area contributed by atoms with Crippen LogP contribution >= 0.6 is 0 Å². The van der Waals surface area contributed by atoms with Crippen molar-refractivity contribution in [2.45, 2.75) is 51.1 Å². The summed E-state index contributed by atoms with van der Waals surface area (Å²) in [6.45, 7) is 6.16. The van der Waals surface area contributed by atoms with Crippen molar-refractivity contribution >= 4 is 11.7 Å². The van der Waals surface area contributed by atoms with Gasteiger partial charge in [-0.1, -0.05) is 12.1 Å². The molecule has 0 radical (unpaired) electrons. The quantitative estimate of drug-likeness (QED) is 0.791. The molecule has 2 N–H and O–H groups in total. The molecule has 1 aromatic carbocycles. The molecular weight excluding hydrogens is 378 g/mol. The van der Waals surface area contributed by atoms with Crippen LogP contribution in [0.4, 0.5) is 5.82 Å². The zero-order valence-corrected chi connectivity index (χ0v) is 18.3. The van der Waals surface area contributed by atoms with Crippen LogP contribution in [0.15, 0.2) is 24.3 Å². The molecule has 2 aliphatic rings. The Morgan fingerprint density at radius 3 is 2.67 bits per heavy atom. The van der Waals surface area contributed by atoms with Crippen LogP contribution in [-0.2, 0) is 23.2 Å². The van der Waals surface area contributed by atoms with Crippen molar-refractivity contribution in [2.75, 3.05) is 32.6 Å². The summed E-state index contributed by atoms with van der Waals surface area (Å²) in [5, 5.41) is 6.71. The van der Waals surface area contributed by atoms with Gasteiger partial charge in [-0.15, -0.1) is 0 Å². The van der Waals surface area contributed by atoms with Crippen LogP contribution in [0, 0.1) is 0 Å². The molecule has 1 fully saturated rings. The minimum absolute atomic E-state index is 0.114. The topological polar surface area (TPSA) is 79.4 Å². The predicted octanol–water partition coefficient (Wildman–Crippen LogP) is 2.81. The summed E-state index contributed by atoms with van der Waals surface area (Å²) in [5.74, 6) is 2.63. The highest BCUT2D eigenvalue weighted by Crippen LogP contribution is 2.32. The number of benzene rings is 1. The smallest absolute Gasteiger partial charge is 0.233 e. The first-order valence-corrected chi connectivity index (χ1v) is 10.7. The number of hydrogen-bond acceptors (Lipinski definition) is 6. The van der Waals surface area contributed by atoms with Crippen molar-refractivity contribution < 1.29 is 9.53 Å². The standard InChI is InChI=1S/C23H31N5O2/c1-23(2,15-7-9-16(30-4)10-8-15)22(29)28-13-11-17-19(14-28)26-21(27-20(17)24-3)18-6-5-12-25-18/h7-10,18,25H,5-6,11-14H2,1-4H3,(H,24,26,27)/t18-/m1/s1. The van der Waals surface area contributed by atoms with Crippen molar-refractivity contribution in [2.24, 2.45) is 0 Å². The molecule has 160 valence electrons. The minimum atomic E-state index is -0.627. The number of anilines is 1. The summed E-state index contributed by atoms with van der Waals surface area (Å²) in [4.78, 5) is 25.1. The van der Waals surface area contributed by atoms with E-state index in [1.54, 1.807) is 7.11 Å². The zero-order chi connectivity index (χ0) is 21.3. The Bertz CT molecular complexity index is 920. The number of fused-ring (bicyclic) bond motifs is 1. The third-order valence-corrected chi connectivity index (χ3v) is 6.32. The average Bonchev–Trinajstić information content (AvgIpc) is 3.32. The third kappa shape index (κ3) is 3.74. The lowest BCUT2D eigenvalue weighted by atomic mass is 9.82. The number of carbonyl (C=O) groups is 1. The lowest BCUT2D eigenvalue weighted by molar-refractivity contribution is -0.137. The van der Waals surface area contributed by atoms with Crippen LogP contribution in [0.1, 0.15) is 55.4 Å². The Labute approximate surface area is 178 Å². The molecule has 30 heavy (non-hydrogen) atoms. The first-order valence-electron chi connectivity index (χ1n) is 10.7. The van der Waals surface area contributed by atoms with Gasteiger partial charge in [0.15, 0.2) is 0 Å².